The summed E-state index contributed by atoms with van der Waals surface area (Å²) in [5.74, 6) is 0.554. The summed E-state index contributed by atoms with van der Waals surface area (Å²) in [5, 5.41) is 9.80. The maximum atomic E-state index is 9.80. The molecule has 1 N–H and O–H groups in total. The fraction of sp³-hybridized carbons (Fsp3) is 0.636. The van der Waals surface area contributed by atoms with Crippen molar-refractivity contribution in [2.45, 2.75) is 38.7 Å². The minimum atomic E-state index is -0.113. The quantitative estimate of drug-likeness (QED) is 0.871. The lowest BCUT2D eigenvalue weighted by atomic mass is 9.57. The molecule has 3 unspecified atom stereocenters. The van der Waals surface area contributed by atoms with Crippen LogP contribution in [-0.4, -0.2) is 11.2 Å². The van der Waals surface area contributed by atoms with Crippen LogP contribution in [0.25, 0.3) is 0 Å². The summed E-state index contributed by atoms with van der Waals surface area (Å²) in [6.07, 6.45) is 1.87. The smallest absolute Gasteiger partial charge is 0.0701 e. The first-order valence-corrected chi connectivity index (χ1v) is 6.62. The van der Waals surface area contributed by atoms with Gasteiger partial charge in [0.25, 0.3) is 0 Å². The fourth-order valence-corrected chi connectivity index (χ4v) is 3.97. The SMILES string of the molecule is CCC1(C)C(O)CC1c1ccc(Br)s1. The second-order valence-corrected chi connectivity index (χ2v) is 6.80. The van der Waals surface area contributed by atoms with Crippen LogP contribution in [0.2, 0.25) is 0 Å². The van der Waals surface area contributed by atoms with E-state index in [4.69, 9.17) is 0 Å². The molecule has 0 saturated heterocycles. The lowest BCUT2D eigenvalue weighted by Gasteiger charge is -2.51. The average Bonchev–Trinajstić information content (AvgIpc) is 2.59. The average molecular weight is 275 g/mol. The zero-order chi connectivity index (χ0) is 10.3. The van der Waals surface area contributed by atoms with Crippen LogP contribution < -0.4 is 0 Å². The van der Waals surface area contributed by atoms with Crippen molar-refractivity contribution >= 4 is 27.3 Å². The van der Waals surface area contributed by atoms with Crippen LogP contribution in [0.5, 0.6) is 0 Å². The van der Waals surface area contributed by atoms with E-state index in [1.165, 1.54) is 8.66 Å². The molecule has 1 aliphatic carbocycles. The van der Waals surface area contributed by atoms with Gasteiger partial charge in [-0.2, -0.15) is 0 Å². The first-order valence-electron chi connectivity index (χ1n) is 5.01. The molecule has 1 aromatic heterocycles. The van der Waals surface area contributed by atoms with E-state index < -0.39 is 0 Å². The highest BCUT2D eigenvalue weighted by Crippen LogP contribution is 2.56. The monoisotopic (exact) mass is 274 g/mol. The van der Waals surface area contributed by atoms with E-state index in [1.54, 1.807) is 11.3 Å². The van der Waals surface area contributed by atoms with Gasteiger partial charge in [-0.15, -0.1) is 11.3 Å². The summed E-state index contributed by atoms with van der Waals surface area (Å²) in [6, 6.07) is 4.28. The second kappa shape index (κ2) is 3.62. The lowest BCUT2D eigenvalue weighted by Crippen LogP contribution is -2.48. The molecule has 3 atom stereocenters. The molecular formula is C11H15BrOS. The van der Waals surface area contributed by atoms with E-state index in [9.17, 15) is 5.11 Å². The predicted octanol–water partition coefficient (Wildman–Crippen LogP) is 3.78. The largest absolute Gasteiger partial charge is 0.393 e. The third kappa shape index (κ3) is 1.46. The van der Waals surface area contributed by atoms with E-state index >= 15 is 0 Å². The van der Waals surface area contributed by atoms with Gasteiger partial charge >= 0.3 is 0 Å². The van der Waals surface area contributed by atoms with Crippen molar-refractivity contribution in [2.75, 3.05) is 0 Å². The molecule has 78 valence electrons. The maximum Gasteiger partial charge on any atom is 0.0701 e. The molecular weight excluding hydrogens is 260 g/mol. The molecule has 2 rings (SSSR count). The Labute approximate surface area is 97.3 Å². The highest BCUT2D eigenvalue weighted by Gasteiger charge is 2.50. The van der Waals surface area contributed by atoms with Crippen LogP contribution >= 0.6 is 27.3 Å². The van der Waals surface area contributed by atoms with Gasteiger partial charge in [0.15, 0.2) is 0 Å². The second-order valence-electron chi connectivity index (χ2n) is 4.31. The molecule has 0 spiro atoms. The normalized spacial score (nSPS) is 36.9. The van der Waals surface area contributed by atoms with Gasteiger partial charge < -0.3 is 5.11 Å². The minimum Gasteiger partial charge on any atom is -0.393 e. The van der Waals surface area contributed by atoms with Gasteiger partial charge in [-0.25, -0.2) is 0 Å². The molecule has 0 radical (unpaired) electrons. The summed E-state index contributed by atoms with van der Waals surface area (Å²) in [6.45, 7) is 4.36. The Balaban J connectivity index is 2.22. The Morgan fingerprint density at radius 2 is 2.36 bits per heavy atom. The minimum absolute atomic E-state index is 0.101. The molecule has 0 aliphatic heterocycles. The van der Waals surface area contributed by atoms with Crippen LogP contribution in [0, 0.1) is 5.41 Å². The number of halogens is 1. The highest BCUT2D eigenvalue weighted by atomic mass is 79.9. The highest BCUT2D eigenvalue weighted by molar-refractivity contribution is 9.11. The summed E-state index contributed by atoms with van der Waals surface area (Å²) in [5.41, 5.74) is 0.101. The van der Waals surface area contributed by atoms with Crippen LogP contribution in [0.4, 0.5) is 0 Å². The van der Waals surface area contributed by atoms with Crippen LogP contribution in [0.15, 0.2) is 15.9 Å². The van der Waals surface area contributed by atoms with Gasteiger partial charge in [0.1, 0.15) is 0 Å². The van der Waals surface area contributed by atoms with Gasteiger partial charge in [0.2, 0.25) is 0 Å². The summed E-state index contributed by atoms with van der Waals surface area (Å²) in [7, 11) is 0. The molecule has 1 heterocycles. The molecule has 0 amide bonds. The van der Waals surface area contributed by atoms with Crippen molar-refractivity contribution in [1.82, 2.24) is 0 Å². The lowest BCUT2D eigenvalue weighted by molar-refractivity contribution is -0.0766. The third-order valence-corrected chi connectivity index (χ3v) is 5.45. The van der Waals surface area contributed by atoms with Crippen LogP contribution in [-0.2, 0) is 0 Å². The number of aliphatic hydroxyl groups is 1. The van der Waals surface area contributed by atoms with Crippen molar-refractivity contribution in [3.63, 3.8) is 0 Å². The standard InChI is InChI=1S/C11H15BrOS/c1-3-11(2)7(6-9(11)13)8-4-5-10(12)14-8/h4-5,7,9,13H,3,6H2,1-2H3. The maximum absolute atomic E-state index is 9.80. The van der Waals surface area contributed by atoms with E-state index in [2.05, 4.69) is 41.9 Å². The Hall–Kier alpha value is 0.140. The molecule has 1 fully saturated rings. The van der Waals surface area contributed by atoms with Gasteiger partial charge in [-0.1, -0.05) is 13.8 Å². The predicted molar refractivity (Wildman–Crippen MR) is 63.8 cm³/mol. The number of hydrogen-bond donors (Lipinski definition) is 1. The molecule has 0 aromatic carbocycles. The first kappa shape index (κ1) is 10.7. The first-order chi connectivity index (χ1) is 6.58. The number of rotatable bonds is 2. The molecule has 1 nitrogen and oxygen atoms in total. The van der Waals surface area contributed by atoms with Gasteiger partial charge in [0.05, 0.1) is 9.89 Å². The third-order valence-electron chi connectivity index (χ3n) is 3.72. The van der Waals surface area contributed by atoms with E-state index in [1.807, 2.05) is 0 Å². The number of hydrogen-bond acceptors (Lipinski definition) is 2. The molecule has 3 heteroatoms. The topological polar surface area (TPSA) is 20.2 Å². The molecule has 1 saturated carbocycles. The van der Waals surface area contributed by atoms with Crippen molar-refractivity contribution in [1.29, 1.82) is 0 Å². The zero-order valence-corrected chi connectivity index (χ0v) is 10.9. The zero-order valence-electron chi connectivity index (χ0n) is 8.46. The van der Waals surface area contributed by atoms with Gasteiger partial charge in [-0.05, 0) is 40.9 Å². The fourth-order valence-electron chi connectivity index (χ4n) is 2.27. The number of thiophene rings is 1. The van der Waals surface area contributed by atoms with Crippen molar-refractivity contribution in [3.8, 4) is 0 Å². The molecule has 0 bridgehead atoms. The van der Waals surface area contributed by atoms with Gasteiger partial charge in [0, 0.05) is 16.2 Å². The van der Waals surface area contributed by atoms with Crippen LogP contribution in [0.3, 0.4) is 0 Å². The van der Waals surface area contributed by atoms with Gasteiger partial charge in [-0.3, -0.25) is 0 Å². The summed E-state index contributed by atoms with van der Waals surface area (Å²) < 4.78 is 1.19. The van der Waals surface area contributed by atoms with E-state index in [-0.39, 0.29) is 11.5 Å². The van der Waals surface area contributed by atoms with Crippen molar-refractivity contribution in [2.24, 2.45) is 5.41 Å². The molecule has 14 heavy (non-hydrogen) atoms. The van der Waals surface area contributed by atoms with Crippen molar-refractivity contribution < 1.29 is 5.11 Å². The van der Waals surface area contributed by atoms with Crippen LogP contribution in [0.1, 0.15) is 37.5 Å². The Morgan fingerprint density at radius 3 is 2.79 bits per heavy atom. The van der Waals surface area contributed by atoms with E-state index in [0.717, 1.165) is 12.8 Å². The molecule has 1 aliphatic rings. The Kier molecular flexibility index (Phi) is 2.75. The number of aliphatic hydroxyl groups excluding tert-OH is 1. The van der Waals surface area contributed by atoms with E-state index in [0.29, 0.717) is 5.92 Å². The summed E-state index contributed by atoms with van der Waals surface area (Å²) in [4.78, 5) is 1.41. The Bertz CT molecular complexity index is 336. The summed E-state index contributed by atoms with van der Waals surface area (Å²) >= 11 is 5.28. The Morgan fingerprint density at radius 1 is 1.64 bits per heavy atom. The molecule has 1 aromatic rings. The van der Waals surface area contributed by atoms with Crippen molar-refractivity contribution in [3.05, 3.63) is 20.8 Å².